The van der Waals surface area contributed by atoms with Crippen LogP contribution in [0, 0.1) is 6.92 Å². The molecule has 0 spiro atoms. The van der Waals surface area contributed by atoms with Crippen LogP contribution in [0.15, 0.2) is 30.5 Å². The van der Waals surface area contributed by atoms with E-state index < -0.39 is 0 Å². The highest BCUT2D eigenvalue weighted by Crippen LogP contribution is 2.21. The Morgan fingerprint density at radius 2 is 2.19 bits per heavy atom. The molecular weight excluding hydrogens is 240 g/mol. The lowest BCUT2D eigenvalue weighted by molar-refractivity contribution is 0.938. The highest BCUT2D eigenvalue weighted by atomic mass is 35.5. The molecule has 2 heterocycles. The molecule has 0 aliphatic carbocycles. The number of aryl methyl sites for hydroxylation is 1. The minimum absolute atomic E-state index is 0.534. The summed E-state index contributed by atoms with van der Waals surface area (Å²) in [6.07, 6.45) is 1.73. The second-order valence-corrected chi connectivity index (χ2v) is 5.46. The van der Waals surface area contributed by atoms with Gasteiger partial charge >= 0.3 is 0 Å². The Morgan fingerprint density at radius 3 is 2.81 bits per heavy atom. The van der Waals surface area contributed by atoms with Crippen molar-refractivity contribution in [3.63, 3.8) is 0 Å². The first-order chi connectivity index (χ1) is 7.65. The lowest BCUT2D eigenvalue weighted by atomic mass is 10.3. The van der Waals surface area contributed by atoms with Gasteiger partial charge < -0.3 is 4.90 Å². The zero-order valence-electron chi connectivity index (χ0n) is 9.27. The number of anilines is 1. The Labute approximate surface area is 105 Å². The third-order valence-electron chi connectivity index (χ3n) is 2.34. The van der Waals surface area contributed by atoms with Gasteiger partial charge in [-0.05, 0) is 31.2 Å². The molecule has 0 saturated heterocycles. The van der Waals surface area contributed by atoms with E-state index in [1.807, 2.05) is 23.5 Å². The van der Waals surface area contributed by atoms with Crippen molar-refractivity contribution in [2.75, 3.05) is 11.9 Å². The van der Waals surface area contributed by atoms with Crippen LogP contribution < -0.4 is 4.90 Å². The fourth-order valence-corrected chi connectivity index (χ4v) is 2.64. The fourth-order valence-electron chi connectivity index (χ4n) is 1.52. The summed E-state index contributed by atoms with van der Waals surface area (Å²) in [5.41, 5.74) is 1.09. The van der Waals surface area contributed by atoms with Crippen LogP contribution in [0.5, 0.6) is 0 Å². The van der Waals surface area contributed by atoms with Crippen LogP contribution >= 0.6 is 22.9 Å². The topological polar surface area (TPSA) is 16.1 Å². The largest absolute Gasteiger partial charge is 0.369 e. The van der Waals surface area contributed by atoms with Crippen LogP contribution in [0.3, 0.4) is 0 Å². The minimum atomic E-state index is 0.534. The molecule has 0 fully saturated rings. The van der Waals surface area contributed by atoms with Crippen LogP contribution in [0.1, 0.15) is 9.75 Å². The van der Waals surface area contributed by atoms with Gasteiger partial charge in [-0.25, -0.2) is 4.98 Å². The molecule has 0 saturated carbocycles. The first kappa shape index (κ1) is 11.4. The van der Waals surface area contributed by atoms with Gasteiger partial charge in [-0.15, -0.1) is 11.3 Å². The number of pyridine rings is 1. The predicted molar refractivity (Wildman–Crippen MR) is 70.4 cm³/mol. The van der Waals surface area contributed by atoms with Crippen LogP contribution in [0.25, 0.3) is 0 Å². The molecule has 16 heavy (non-hydrogen) atoms. The number of thiophene rings is 1. The Kier molecular flexibility index (Phi) is 3.46. The third kappa shape index (κ3) is 2.74. The maximum atomic E-state index is 5.86. The summed E-state index contributed by atoms with van der Waals surface area (Å²) in [6.45, 7) is 3.02. The number of hydrogen-bond acceptors (Lipinski definition) is 3. The van der Waals surface area contributed by atoms with Gasteiger partial charge in [0.15, 0.2) is 0 Å². The van der Waals surface area contributed by atoms with Crippen molar-refractivity contribution in [3.05, 3.63) is 45.4 Å². The molecule has 0 aliphatic heterocycles. The zero-order valence-corrected chi connectivity index (χ0v) is 10.8. The molecule has 0 amide bonds. The van der Waals surface area contributed by atoms with E-state index in [9.17, 15) is 0 Å². The maximum Gasteiger partial charge on any atom is 0.131 e. The van der Waals surface area contributed by atoms with Crippen molar-refractivity contribution in [1.29, 1.82) is 0 Å². The first-order valence-corrected chi connectivity index (χ1v) is 6.22. The van der Waals surface area contributed by atoms with Crippen LogP contribution in [-0.4, -0.2) is 12.0 Å². The van der Waals surface area contributed by atoms with E-state index in [2.05, 4.69) is 36.0 Å². The van der Waals surface area contributed by atoms with Crippen molar-refractivity contribution in [2.24, 2.45) is 0 Å². The summed E-state index contributed by atoms with van der Waals surface area (Å²) in [6, 6.07) is 8.15. The third-order valence-corrected chi connectivity index (χ3v) is 3.53. The van der Waals surface area contributed by atoms with Crippen molar-refractivity contribution in [1.82, 2.24) is 4.98 Å². The molecule has 2 nitrogen and oxygen atoms in total. The molecule has 2 rings (SSSR count). The second kappa shape index (κ2) is 4.85. The van der Waals surface area contributed by atoms with Gasteiger partial charge in [0.25, 0.3) is 0 Å². The number of aromatic nitrogens is 1. The summed E-state index contributed by atoms with van der Waals surface area (Å²) in [7, 11) is 2.06. The molecule has 2 aromatic rings. The first-order valence-electron chi connectivity index (χ1n) is 5.03. The van der Waals surface area contributed by atoms with Gasteiger partial charge in [-0.1, -0.05) is 11.6 Å². The van der Waals surface area contributed by atoms with E-state index in [1.54, 1.807) is 6.20 Å². The average Bonchev–Trinajstić information content (AvgIpc) is 2.64. The molecular formula is C12H13ClN2S. The molecule has 84 valence electrons. The van der Waals surface area contributed by atoms with Gasteiger partial charge in [0.05, 0.1) is 6.54 Å². The summed E-state index contributed by atoms with van der Waals surface area (Å²) >= 11 is 7.69. The van der Waals surface area contributed by atoms with E-state index in [1.165, 1.54) is 9.75 Å². The fraction of sp³-hybridized carbons (Fsp3) is 0.250. The predicted octanol–water partition coefficient (Wildman–Crippen LogP) is 3.74. The monoisotopic (exact) mass is 252 g/mol. The van der Waals surface area contributed by atoms with E-state index in [0.29, 0.717) is 5.15 Å². The van der Waals surface area contributed by atoms with Gasteiger partial charge in [-0.3, -0.25) is 0 Å². The molecule has 0 N–H and O–H groups in total. The lowest BCUT2D eigenvalue weighted by Crippen LogP contribution is -2.15. The molecule has 0 aliphatic rings. The van der Waals surface area contributed by atoms with Gasteiger partial charge in [0.2, 0.25) is 0 Å². The van der Waals surface area contributed by atoms with Gasteiger partial charge in [0.1, 0.15) is 5.15 Å². The SMILES string of the molecule is Cc1ccc(CN(C)c2ccnc(Cl)c2)s1. The molecule has 4 heteroatoms. The van der Waals surface area contributed by atoms with Crippen molar-refractivity contribution < 1.29 is 0 Å². The number of halogens is 1. The standard InChI is InChI=1S/C12H13ClN2S/c1-9-3-4-11(16-9)8-15(2)10-5-6-14-12(13)7-10/h3-7H,8H2,1-2H3. The highest BCUT2D eigenvalue weighted by Gasteiger charge is 2.04. The molecule has 0 atom stereocenters. The van der Waals surface area contributed by atoms with E-state index in [0.717, 1.165) is 12.2 Å². The second-order valence-electron chi connectivity index (χ2n) is 3.71. The molecule has 0 radical (unpaired) electrons. The quantitative estimate of drug-likeness (QED) is 0.774. The summed E-state index contributed by atoms with van der Waals surface area (Å²) in [4.78, 5) is 8.84. The number of nitrogens with zero attached hydrogens (tertiary/aromatic N) is 2. The molecule has 2 aromatic heterocycles. The normalized spacial score (nSPS) is 10.4. The summed E-state index contributed by atoms with van der Waals surface area (Å²) in [5, 5.41) is 0.534. The minimum Gasteiger partial charge on any atom is -0.369 e. The Bertz CT molecular complexity index is 481. The summed E-state index contributed by atoms with van der Waals surface area (Å²) < 4.78 is 0. The van der Waals surface area contributed by atoms with Crippen molar-refractivity contribution in [2.45, 2.75) is 13.5 Å². The smallest absolute Gasteiger partial charge is 0.131 e. The van der Waals surface area contributed by atoms with Gasteiger partial charge in [-0.2, -0.15) is 0 Å². The molecule has 0 bridgehead atoms. The average molecular weight is 253 g/mol. The lowest BCUT2D eigenvalue weighted by Gasteiger charge is -2.18. The van der Waals surface area contributed by atoms with Crippen LogP contribution in [-0.2, 0) is 6.54 Å². The van der Waals surface area contributed by atoms with E-state index in [4.69, 9.17) is 11.6 Å². The zero-order chi connectivity index (χ0) is 11.5. The van der Waals surface area contributed by atoms with Crippen molar-refractivity contribution >= 4 is 28.6 Å². The van der Waals surface area contributed by atoms with Crippen LogP contribution in [0.4, 0.5) is 5.69 Å². The molecule has 0 unspecified atom stereocenters. The van der Waals surface area contributed by atoms with E-state index in [-0.39, 0.29) is 0 Å². The molecule has 0 aromatic carbocycles. The summed E-state index contributed by atoms with van der Waals surface area (Å²) in [5.74, 6) is 0. The van der Waals surface area contributed by atoms with Crippen molar-refractivity contribution in [3.8, 4) is 0 Å². The van der Waals surface area contributed by atoms with Crippen LogP contribution in [0.2, 0.25) is 5.15 Å². The number of rotatable bonds is 3. The highest BCUT2D eigenvalue weighted by molar-refractivity contribution is 7.11. The Balaban J connectivity index is 2.11. The number of hydrogen-bond donors (Lipinski definition) is 0. The van der Waals surface area contributed by atoms with E-state index >= 15 is 0 Å². The Hall–Kier alpha value is -1.06. The maximum absolute atomic E-state index is 5.86. The Morgan fingerprint density at radius 1 is 1.38 bits per heavy atom. The van der Waals surface area contributed by atoms with Gasteiger partial charge in [0, 0.05) is 28.7 Å².